The molecule has 0 spiro atoms. The Kier molecular flexibility index (Phi) is 3.16. The van der Waals surface area contributed by atoms with Crippen LogP contribution in [-0.2, 0) is 4.79 Å². The topological polar surface area (TPSA) is 46.1 Å². The van der Waals surface area contributed by atoms with E-state index in [2.05, 4.69) is 21.8 Å². The molecule has 1 saturated heterocycles. The summed E-state index contributed by atoms with van der Waals surface area (Å²) in [4.78, 5) is 21.3. The number of carbonyl (C=O) groups is 1. The van der Waals surface area contributed by atoms with Crippen molar-refractivity contribution in [2.45, 2.75) is 19.8 Å². The average Bonchev–Trinajstić information content (AvgIpc) is 2.67. The van der Waals surface area contributed by atoms with Crippen molar-refractivity contribution < 1.29 is 4.79 Å². The van der Waals surface area contributed by atoms with E-state index in [-0.39, 0.29) is 5.91 Å². The van der Waals surface area contributed by atoms with Gasteiger partial charge in [0.1, 0.15) is 5.69 Å². The largest absolute Gasteiger partial charge is 0.332 e. The van der Waals surface area contributed by atoms with Gasteiger partial charge < -0.3 is 4.90 Å². The number of hydrogen-bond donors (Lipinski definition) is 0. The van der Waals surface area contributed by atoms with E-state index < -0.39 is 0 Å². The minimum Gasteiger partial charge on any atom is -0.332 e. The van der Waals surface area contributed by atoms with E-state index in [9.17, 15) is 4.79 Å². The molecule has 0 N–H and O–H groups in total. The first-order chi connectivity index (χ1) is 7.77. The van der Waals surface area contributed by atoms with Crippen molar-refractivity contribution in [3.63, 3.8) is 0 Å². The van der Waals surface area contributed by atoms with Gasteiger partial charge in [-0.15, -0.1) is 0 Å². The van der Waals surface area contributed by atoms with Crippen LogP contribution in [0.15, 0.2) is 12.4 Å². The van der Waals surface area contributed by atoms with Crippen molar-refractivity contribution >= 4 is 5.91 Å². The number of nitrogens with zero attached hydrogens (tertiary/aromatic N) is 3. The van der Waals surface area contributed by atoms with Crippen LogP contribution in [0.4, 0.5) is 0 Å². The zero-order valence-corrected chi connectivity index (χ0v) is 9.23. The lowest BCUT2D eigenvalue weighted by molar-refractivity contribution is -0.127. The highest BCUT2D eigenvalue weighted by atomic mass is 16.2. The number of rotatable bonds is 1. The number of aromatic nitrogens is 2. The summed E-state index contributed by atoms with van der Waals surface area (Å²) < 4.78 is 0. The van der Waals surface area contributed by atoms with E-state index in [1.807, 2.05) is 6.92 Å². The Labute approximate surface area is 94.7 Å². The van der Waals surface area contributed by atoms with Crippen LogP contribution >= 0.6 is 0 Å². The van der Waals surface area contributed by atoms with E-state index in [0.717, 1.165) is 18.7 Å². The Morgan fingerprint density at radius 2 is 2.25 bits per heavy atom. The Bertz CT molecular complexity index is 459. The Hall–Kier alpha value is -1.89. The van der Waals surface area contributed by atoms with Crippen LogP contribution in [0.1, 0.15) is 24.2 Å². The van der Waals surface area contributed by atoms with Crippen molar-refractivity contribution in [1.29, 1.82) is 0 Å². The summed E-state index contributed by atoms with van der Waals surface area (Å²) in [5.74, 6) is 6.11. The van der Waals surface area contributed by atoms with Gasteiger partial charge in [0.2, 0.25) is 5.91 Å². The first-order valence-corrected chi connectivity index (χ1v) is 5.31. The summed E-state index contributed by atoms with van der Waals surface area (Å²) in [7, 11) is 0. The zero-order valence-electron chi connectivity index (χ0n) is 9.23. The molecule has 0 aliphatic carbocycles. The lowest BCUT2D eigenvalue weighted by Crippen LogP contribution is -2.24. The van der Waals surface area contributed by atoms with Crippen LogP contribution in [0, 0.1) is 18.8 Å². The van der Waals surface area contributed by atoms with E-state index in [1.165, 1.54) is 0 Å². The van der Waals surface area contributed by atoms with Crippen molar-refractivity contribution in [3.8, 4) is 11.8 Å². The second kappa shape index (κ2) is 4.75. The normalized spacial score (nSPS) is 14.8. The average molecular weight is 215 g/mol. The molecular weight excluding hydrogens is 202 g/mol. The maximum absolute atomic E-state index is 11.3. The van der Waals surface area contributed by atoms with Crippen LogP contribution in [0.2, 0.25) is 0 Å². The Morgan fingerprint density at radius 3 is 2.94 bits per heavy atom. The molecule has 1 aliphatic heterocycles. The number of amides is 1. The Morgan fingerprint density at radius 1 is 1.44 bits per heavy atom. The number of likely N-dealkylation sites (tertiary alicyclic amines) is 1. The fourth-order valence-corrected chi connectivity index (χ4v) is 1.62. The van der Waals surface area contributed by atoms with Crippen molar-refractivity contribution in [3.05, 3.63) is 23.8 Å². The molecule has 0 bridgehead atoms. The van der Waals surface area contributed by atoms with Gasteiger partial charge in [0.15, 0.2) is 0 Å². The third-order valence-corrected chi connectivity index (χ3v) is 2.53. The molecule has 1 fully saturated rings. The summed E-state index contributed by atoms with van der Waals surface area (Å²) in [6.45, 7) is 3.19. The van der Waals surface area contributed by atoms with Gasteiger partial charge in [0.05, 0.1) is 12.2 Å². The summed E-state index contributed by atoms with van der Waals surface area (Å²) in [5.41, 5.74) is 1.51. The van der Waals surface area contributed by atoms with Gasteiger partial charge in [-0.25, -0.2) is 4.98 Å². The van der Waals surface area contributed by atoms with Crippen LogP contribution in [0.25, 0.3) is 0 Å². The van der Waals surface area contributed by atoms with Gasteiger partial charge in [-0.1, -0.05) is 5.92 Å². The van der Waals surface area contributed by atoms with E-state index in [0.29, 0.717) is 18.7 Å². The van der Waals surface area contributed by atoms with Crippen LogP contribution < -0.4 is 0 Å². The molecule has 0 aromatic carbocycles. The summed E-state index contributed by atoms with van der Waals surface area (Å²) in [5, 5.41) is 0. The minimum absolute atomic E-state index is 0.199. The molecule has 0 unspecified atom stereocenters. The molecule has 16 heavy (non-hydrogen) atoms. The van der Waals surface area contributed by atoms with Crippen molar-refractivity contribution in [2.24, 2.45) is 0 Å². The fourth-order valence-electron chi connectivity index (χ4n) is 1.62. The first-order valence-electron chi connectivity index (χ1n) is 5.31. The predicted molar refractivity (Wildman–Crippen MR) is 59.5 cm³/mol. The van der Waals surface area contributed by atoms with E-state index in [4.69, 9.17) is 0 Å². The Balaban J connectivity index is 2.00. The van der Waals surface area contributed by atoms with Gasteiger partial charge in [-0.2, -0.15) is 0 Å². The van der Waals surface area contributed by atoms with Crippen LogP contribution in [0.5, 0.6) is 0 Å². The lowest BCUT2D eigenvalue weighted by Gasteiger charge is -2.09. The molecular formula is C12H13N3O. The molecule has 0 saturated carbocycles. The van der Waals surface area contributed by atoms with Crippen LogP contribution in [0.3, 0.4) is 0 Å². The quantitative estimate of drug-likeness (QED) is 0.650. The van der Waals surface area contributed by atoms with E-state index >= 15 is 0 Å². The molecule has 2 heterocycles. The first kappa shape index (κ1) is 10.6. The number of aryl methyl sites for hydroxylation is 1. The van der Waals surface area contributed by atoms with Crippen molar-refractivity contribution in [2.75, 3.05) is 13.1 Å². The second-order valence-electron chi connectivity index (χ2n) is 3.71. The molecule has 1 amide bonds. The van der Waals surface area contributed by atoms with Gasteiger partial charge in [0.25, 0.3) is 0 Å². The summed E-state index contributed by atoms with van der Waals surface area (Å²) in [6.07, 6.45) is 4.87. The molecule has 2 rings (SSSR count). The van der Waals surface area contributed by atoms with Gasteiger partial charge >= 0.3 is 0 Å². The molecule has 1 aliphatic rings. The summed E-state index contributed by atoms with van der Waals surface area (Å²) in [6, 6.07) is 0. The third-order valence-electron chi connectivity index (χ3n) is 2.53. The molecule has 0 radical (unpaired) electrons. The molecule has 1 aromatic rings. The smallest absolute Gasteiger partial charge is 0.223 e. The summed E-state index contributed by atoms with van der Waals surface area (Å²) >= 11 is 0. The third kappa shape index (κ3) is 2.37. The standard InChI is InChI=1S/C12H13N3O/c1-10-11(14-7-6-13-10)4-2-8-15-9-3-5-12(15)16/h6-7H,3,5,8-9H2,1H3. The van der Waals surface area contributed by atoms with Crippen LogP contribution in [-0.4, -0.2) is 33.9 Å². The maximum Gasteiger partial charge on any atom is 0.223 e. The monoisotopic (exact) mass is 215 g/mol. The number of hydrogen-bond acceptors (Lipinski definition) is 3. The van der Waals surface area contributed by atoms with Gasteiger partial charge in [0, 0.05) is 25.4 Å². The lowest BCUT2D eigenvalue weighted by atomic mass is 10.3. The van der Waals surface area contributed by atoms with Gasteiger partial charge in [-0.3, -0.25) is 9.78 Å². The second-order valence-corrected chi connectivity index (χ2v) is 3.71. The highest BCUT2D eigenvalue weighted by Gasteiger charge is 2.18. The molecule has 1 aromatic heterocycles. The predicted octanol–water partition coefficient (Wildman–Crippen LogP) is 0.759. The number of carbonyl (C=O) groups excluding carboxylic acids is 1. The molecule has 82 valence electrons. The van der Waals surface area contributed by atoms with E-state index in [1.54, 1.807) is 17.3 Å². The minimum atomic E-state index is 0.199. The van der Waals surface area contributed by atoms with Gasteiger partial charge in [-0.05, 0) is 19.3 Å². The zero-order chi connectivity index (χ0) is 11.4. The SMILES string of the molecule is Cc1nccnc1C#CCN1CCCC1=O. The maximum atomic E-state index is 11.3. The molecule has 0 atom stereocenters. The molecule has 4 nitrogen and oxygen atoms in total. The molecule has 4 heteroatoms. The van der Waals surface area contributed by atoms with Crippen molar-refractivity contribution in [1.82, 2.24) is 14.9 Å². The fraction of sp³-hybridized carbons (Fsp3) is 0.417. The highest BCUT2D eigenvalue weighted by Crippen LogP contribution is 2.08. The highest BCUT2D eigenvalue weighted by molar-refractivity contribution is 5.78.